The molecule has 0 saturated carbocycles. The van der Waals surface area contributed by atoms with E-state index in [1.165, 1.54) is 0 Å². The van der Waals surface area contributed by atoms with Gasteiger partial charge in [0.25, 0.3) is 5.91 Å². The van der Waals surface area contributed by atoms with Crippen molar-refractivity contribution in [3.8, 4) is 0 Å². The average Bonchev–Trinajstić information content (AvgIpc) is 2.69. The highest BCUT2D eigenvalue weighted by atomic mass is 16.2. The SMILES string of the molecule is Cc1cc(C(=O)Nc2c(C)ccc(N)c2C)n(C)n1. The molecule has 0 unspecified atom stereocenters. The van der Waals surface area contributed by atoms with Gasteiger partial charge in [0, 0.05) is 18.4 Å². The lowest BCUT2D eigenvalue weighted by Crippen LogP contribution is -2.17. The number of aryl methyl sites for hydroxylation is 3. The first-order chi connectivity index (χ1) is 8.90. The van der Waals surface area contributed by atoms with Gasteiger partial charge in [-0.1, -0.05) is 6.07 Å². The number of nitrogens with one attached hydrogen (secondary N) is 1. The van der Waals surface area contributed by atoms with Crippen molar-refractivity contribution in [1.82, 2.24) is 9.78 Å². The Bertz CT molecular complexity index is 643. The third-order valence-corrected chi connectivity index (χ3v) is 3.19. The molecule has 100 valence electrons. The lowest BCUT2D eigenvalue weighted by Gasteiger charge is -2.13. The van der Waals surface area contributed by atoms with E-state index in [1.807, 2.05) is 32.9 Å². The first kappa shape index (κ1) is 13.1. The second-order valence-electron chi connectivity index (χ2n) is 4.72. The van der Waals surface area contributed by atoms with Crippen molar-refractivity contribution in [2.45, 2.75) is 20.8 Å². The zero-order valence-electron chi connectivity index (χ0n) is 11.6. The molecular weight excluding hydrogens is 240 g/mol. The molecule has 2 rings (SSSR count). The number of amides is 1. The molecule has 0 bridgehead atoms. The molecule has 0 fully saturated rings. The summed E-state index contributed by atoms with van der Waals surface area (Å²) in [4.78, 5) is 12.3. The number of nitrogens with two attached hydrogens (primary N) is 1. The molecule has 0 saturated heterocycles. The molecule has 0 atom stereocenters. The van der Waals surface area contributed by atoms with Crippen LogP contribution in [0.15, 0.2) is 18.2 Å². The zero-order valence-corrected chi connectivity index (χ0v) is 11.6. The molecule has 2 aromatic rings. The van der Waals surface area contributed by atoms with E-state index in [-0.39, 0.29) is 5.91 Å². The number of anilines is 2. The first-order valence-electron chi connectivity index (χ1n) is 6.08. The largest absolute Gasteiger partial charge is 0.398 e. The Morgan fingerprint density at radius 2 is 2.00 bits per heavy atom. The number of rotatable bonds is 2. The first-order valence-corrected chi connectivity index (χ1v) is 6.08. The molecule has 0 radical (unpaired) electrons. The van der Waals surface area contributed by atoms with Crippen LogP contribution in [0.1, 0.15) is 27.3 Å². The summed E-state index contributed by atoms with van der Waals surface area (Å²) in [6, 6.07) is 5.49. The summed E-state index contributed by atoms with van der Waals surface area (Å²) in [5.74, 6) is -0.181. The van der Waals surface area contributed by atoms with Crippen LogP contribution in [0, 0.1) is 20.8 Å². The van der Waals surface area contributed by atoms with Gasteiger partial charge in [-0.05, 0) is 44.0 Å². The fourth-order valence-electron chi connectivity index (χ4n) is 2.06. The van der Waals surface area contributed by atoms with E-state index in [2.05, 4.69) is 10.4 Å². The maximum absolute atomic E-state index is 12.3. The monoisotopic (exact) mass is 258 g/mol. The Labute approximate surface area is 112 Å². The average molecular weight is 258 g/mol. The van der Waals surface area contributed by atoms with Crippen molar-refractivity contribution >= 4 is 17.3 Å². The third kappa shape index (κ3) is 2.45. The number of benzene rings is 1. The number of hydrogen-bond donors (Lipinski definition) is 2. The molecule has 5 nitrogen and oxygen atoms in total. The molecular formula is C14H18N4O. The van der Waals surface area contributed by atoms with Crippen molar-refractivity contribution in [3.05, 3.63) is 40.7 Å². The van der Waals surface area contributed by atoms with Gasteiger partial charge in [-0.25, -0.2) is 0 Å². The standard InChI is InChI=1S/C14H18N4O/c1-8-5-6-11(15)10(3)13(8)16-14(19)12-7-9(2)17-18(12)4/h5-7H,15H2,1-4H3,(H,16,19). The normalized spacial score (nSPS) is 10.5. The summed E-state index contributed by atoms with van der Waals surface area (Å²) in [6.07, 6.45) is 0. The summed E-state index contributed by atoms with van der Waals surface area (Å²) in [7, 11) is 1.75. The van der Waals surface area contributed by atoms with Gasteiger partial charge in [0.05, 0.1) is 5.69 Å². The Balaban J connectivity index is 2.34. The van der Waals surface area contributed by atoms with E-state index >= 15 is 0 Å². The van der Waals surface area contributed by atoms with Crippen LogP contribution in [0.3, 0.4) is 0 Å². The van der Waals surface area contributed by atoms with Gasteiger partial charge in [0.2, 0.25) is 0 Å². The van der Waals surface area contributed by atoms with Crippen molar-refractivity contribution in [3.63, 3.8) is 0 Å². The van der Waals surface area contributed by atoms with Crippen LogP contribution in [-0.2, 0) is 7.05 Å². The molecule has 3 N–H and O–H groups in total. The van der Waals surface area contributed by atoms with E-state index in [0.717, 1.165) is 22.5 Å². The predicted octanol–water partition coefficient (Wildman–Crippen LogP) is 2.18. The number of hydrogen-bond acceptors (Lipinski definition) is 3. The van der Waals surface area contributed by atoms with Crippen LogP contribution in [0.25, 0.3) is 0 Å². The van der Waals surface area contributed by atoms with Crippen molar-refractivity contribution in [2.75, 3.05) is 11.1 Å². The van der Waals surface area contributed by atoms with Crippen LogP contribution in [-0.4, -0.2) is 15.7 Å². The smallest absolute Gasteiger partial charge is 0.273 e. The number of nitrogens with zero attached hydrogens (tertiary/aromatic N) is 2. The van der Waals surface area contributed by atoms with Crippen LogP contribution >= 0.6 is 0 Å². The minimum atomic E-state index is -0.181. The quantitative estimate of drug-likeness (QED) is 0.811. The Morgan fingerprint density at radius 3 is 2.58 bits per heavy atom. The molecule has 5 heteroatoms. The molecule has 1 amide bonds. The van der Waals surface area contributed by atoms with E-state index < -0.39 is 0 Å². The van der Waals surface area contributed by atoms with Gasteiger partial charge in [0.1, 0.15) is 5.69 Å². The highest BCUT2D eigenvalue weighted by Gasteiger charge is 2.14. The number of aromatic nitrogens is 2. The lowest BCUT2D eigenvalue weighted by atomic mass is 10.1. The fourth-order valence-corrected chi connectivity index (χ4v) is 2.06. The van der Waals surface area contributed by atoms with E-state index in [1.54, 1.807) is 17.8 Å². The number of nitrogen functional groups attached to an aromatic ring is 1. The summed E-state index contributed by atoms with van der Waals surface area (Å²) in [5, 5.41) is 7.08. The minimum absolute atomic E-state index is 0.181. The highest BCUT2D eigenvalue weighted by Crippen LogP contribution is 2.25. The van der Waals surface area contributed by atoms with Gasteiger partial charge in [-0.15, -0.1) is 0 Å². The van der Waals surface area contributed by atoms with Crippen LogP contribution < -0.4 is 11.1 Å². The minimum Gasteiger partial charge on any atom is -0.398 e. The van der Waals surface area contributed by atoms with Gasteiger partial charge < -0.3 is 11.1 Å². The van der Waals surface area contributed by atoms with Gasteiger partial charge in [-0.2, -0.15) is 5.10 Å². The predicted molar refractivity (Wildman–Crippen MR) is 76.2 cm³/mol. The molecule has 0 aliphatic carbocycles. The summed E-state index contributed by atoms with van der Waals surface area (Å²) < 4.78 is 1.57. The molecule has 0 aliphatic rings. The number of carbonyl (C=O) groups excluding carboxylic acids is 1. The summed E-state index contributed by atoms with van der Waals surface area (Å²) >= 11 is 0. The Hall–Kier alpha value is -2.30. The summed E-state index contributed by atoms with van der Waals surface area (Å²) in [6.45, 7) is 5.69. The van der Waals surface area contributed by atoms with Crippen LogP contribution in [0.5, 0.6) is 0 Å². The highest BCUT2D eigenvalue weighted by molar-refractivity contribution is 6.04. The molecule has 0 spiro atoms. The van der Waals surface area contributed by atoms with Gasteiger partial charge in [-0.3, -0.25) is 9.48 Å². The number of carbonyl (C=O) groups is 1. The molecule has 0 aliphatic heterocycles. The van der Waals surface area contributed by atoms with E-state index in [4.69, 9.17) is 5.73 Å². The van der Waals surface area contributed by atoms with Gasteiger partial charge in [0.15, 0.2) is 0 Å². The second kappa shape index (κ2) is 4.76. The third-order valence-electron chi connectivity index (χ3n) is 3.19. The molecule has 1 heterocycles. The lowest BCUT2D eigenvalue weighted by molar-refractivity contribution is 0.101. The fraction of sp³-hybridized carbons (Fsp3) is 0.286. The maximum Gasteiger partial charge on any atom is 0.273 e. The van der Waals surface area contributed by atoms with Crippen LogP contribution in [0.2, 0.25) is 0 Å². The van der Waals surface area contributed by atoms with Crippen LogP contribution in [0.4, 0.5) is 11.4 Å². The molecule has 1 aromatic carbocycles. The summed E-state index contributed by atoms with van der Waals surface area (Å²) in [5.41, 5.74) is 10.5. The van der Waals surface area contributed by atoms with E-state index in [9.17, 15) is 4.79 Å². The Kier molecular flexibility index (Phi) is 3.29. The molecule has 19 heavy (non-hydrogen) atoms. The van der Waals surface area contributed by atoms with Crippen molar-refractivity contribution < 1.29 is 4.79 Å². The maximum atomic E-state index is 12.3. The van der Waals surface area contributed by atoms with Crippen molar-refractivity contribution in [1.29, 1.82) is 0 Å². The molecule has 1 aromatic heterocycles. The Morgan fingerprint density at radius 1 is 1.32 bits per heavy atom. The second-order valence-corrected chi connectivity index (χ2v) is 4.72. The van der Waals surface area contributed by atoms with Crippen molar-refractivity contribution in [2.24, 2.45) is 7.05 Å². The van der Waals surface area contributed by atoms with E-state index in [0.29, 0.717) is 11.4 Å². The zero-order chi connectivity index (χ0) is 14.2. The topological polar surface area (TPSA) is 72.9 Å². The van der Waals surface area contributed by atoms with Gasteiger partial charge >= 0.3 is 0 Å².